The second-order valence-electron chi connectivity index (χ2n) is 3.84. The third kappa shape index (κ3) is 7.15. The monoisotopic (exact) mass is 344 g/mol. The molecule has 3 rings (SSSR count). The summed E-state index contributed by atoms with van der Waals surface area (Å²) in [6.45, 7) is 0. The molecule has 2 aromatic carbocycles. The minimum Gasteiger partial charge on any atom is -0.214 e. The molecule has 2 aromatic rings. The van der Waals surface area contributed by atoms with Crippen LogP contribution in [0.1, 0.15) is 12.0 Å². The zero-order chi connectivity index (χ0) is 13.2. The second kappa shape index (κ2) is 11.0. The van der Waals surface area contributed by atoms with E-state index in [1.54, 1.807) is 29.7 Å². The van der Waals surface area contributed by atoms with Gasteiger partial charge in [-0.1, -0.05) is 23.5 Å². The van der Waals surface area contributed by atoms with E-state index in [2.05, 4.69) is 10.2 Å². The van der Waals surface area contributed by atoms with Gasteiger partial charge in [-0.25, -0.2) is 24.3 Å². The molecule has 1 heterocycles. The minimum atomic E-state index is 0. The first-order chi connectivity index (χ1) is 9.45. The molecule has 5 heteroatoms. The predicted octanol–water partition coefficient (Wildman–Crippen LogP) is 4.37. The van der Waals surface area contributed by atoms with Crippen molar-refractivity contribution in [2.45, 2.75) is 6.42 Å². The van der Waals surface area contributed by atoms with Crippen LogP contribution in [0.4, 0.5) is 0 Å². The number of hydrogen-bond donors (Lipinski definition) is 0. The first kappa shape index (κ1) is 17.3. The SMILES string of the molecule is C(=NN=C1SCCCS1)[c-]1cccc1.[Fe+2].c1cc[cH-]c1. The van der Waals surface area contributed by atoms with E-state index in [1.807, 2.05) is 54.6 Å². The zero-order valence-corrected chi connectivity index (χ0v) is 13.7. The van der Waals surface area contributed by atoms with Crippen LogP contribution in [0.15, 0.2) is 64.8 Å². The van der Waals surface area contributed by atoms with Gasteiger partial charge >= 0.3 is 17.1 Å². The van der Waals surface area contributed by atoms with Gasteiger partial charge in [-0.05, 0) is 6.42 Å². The van der Waals surface area contributed by atoms with E-state index in [9.17, 15) is 0 Å². The quantitative estimate of drug-likeness (QED) is 0.350. The van der Waals surface area contributed by atoms with E-state index >= 15 is 0 Å². The van der Waals surface area contributed by atoms with Gasteiger partial charge < -0.3 is 0 Å². The largest absolute Gasteiger partial charge is 2.00 e. The average Bonchev–Trinajstić information content (AvgIpc) is 3.16. The number of hydrogen-bond acceptors (Lipinski definition) is 4. The Morgan fingerprint density at radius 2 is 1.70 bits per heavy atom. The van der Waals surface area contributed by atoms with Crippen LogP contribution in [-0.2, 0) is 17.1 Å². The molecule has 0 aliphatic carbocycles. The van der Waals surface area contributed by atoms with Crippen LogP contribution in [0.2, 0.25) is 0 Å². The summed E-state index contributed by atoms with van der Waals surface area (Å²) in [5, 5.41) is 8.23. The molecule has 2 nitrogen and oxygen atoms in total. The molecule has 0 atom stereocenters. The van der Waals surface area contributed by atoms with Crippen LogP contribution in [0.3, 0.4) is 0 Å². The van der Waals surface area contributed by atoms with Gasteiger partial charge in [-0.3, -0.25) is 0 Å². The summed E-state index contributed by atoms with van der Waals surface area (Å²) in [5.74, 6) is 2.36. The van der Waals surface area contributed by atoms with Crippen molar-refractivity contribution in [1.82, 2.24) is 0 Å². The van der Waals surface area contributed by atoms with E-state index in [0.29, 0.717) is 0 Å². The third-order valence-electron chi connectivity index (χ3n) is 2.33. The Labute approximate surface area is 139 Å². The molecule has 106 valence electrons. The predicted molar refractivity (Wildman–Crippen MR) is 88.6 cm³/mol. The van der Waals surface area contributed by atoms with Gasteiger partial charge in [0.2, 0.25) is 0 Å². The first-order valence-corrected chi connectivity index (χ1v) is 8.17. The Morgan fingerprint density at radius 1 is 1.05 bits per heavy atom. The van der Waals surface area contributed by atoms with Gasteiger partial charge in [0.1, 0.15) is 0 Å². The van der Waals surface area contributed by atoms with Crippen LogP contribution >= 0.6 is 23.5 Å². The molecule has 0 unspecified atom stereocenters. The fourth-order valence-corrected chi connectivity index (χ4v) is 3.57. The Morgan fingerprint density at radius 3 is 2.25 bits per heavy atom. The van der Waals surface area contributed by atoms with Gasteiger partial charge in [-0.2, -0.15) is 35.4 Å². The van der Waals surface area contributed by atoms with Crippen molar-refractivity contribution < 1.29 is 17.1 Å². The molecule has 0 aromatic heterocycles. The Bertz CT molecular complexity index is 465. The normalized spacial score (nSPS) is 14.3. The molecule has 1 aliphatic rings. The number of thioether (sulfide) groups is 2. The van der Waals surface area contributed by atoms with E-state index < -0.39 is 0 Å². The summed E-state index contributed by atoms with van der Waals surface area (Å²) in [5.41, 5.74) is 1.11. The number of nitrogens with zero attached hydrogens (tertiary/aromatic N) is 2. The maximum absolute atomic E-state index is 4.17. The van der Waals surface area contributed by atoms with Crippen molar-refractivity contribution in [3.8, 4) is 0 Å². The Balaban J connectivity index is 0.000000283. The van der Waals surface area contributed by atoms with Crippen molar-refractivity contribution in [3.05, 3.63) is 60.2 Å². The van der Waals surface area contributed by atoms with E-state index in [4.69, 9.17) is 0 Å². The summed E-state index contributed by atoms with van der Waals surface area (Å²) >= 11 is 3.60. The zero-order valence-electron chi connectivity index (χ0n) is 11.0. The molecule has 0 radical (unpaired) electrons. The summed E-state index contributed by atoms with van der Waals surface area (Å²) in [7, 11) is 0. The van der Waals surface area contributed by atoms with E-state index in [1.165, 1.54) is 17.9 Å². The third-order valence-corrected chi connectivity index (χ3v) is 4.68. The summed E-state index contributed by atoms with van der Waals surface area (Å²) in [6, 6.07) is 18.0. The topological polar surface area (TPSA) is 24.7 Å². The molecular formula is C15H16FeN2S2. The maximum Gasteiger partial charge on any atom is 2.00 e. The fraction of sp³-hybridized carbons (Fsp3) is 0.200. The molecule has 1 aliphatic heterocycles. The van der Waals surface area contributed by atoms with Gasteiger partial charge in [0.25, 0.3) is 0 Å². The van der Waals surface area contributed by atoms with Crippen LogP contribution < -0.4 is 0 Å². The Hall–Kier alpha value is -0.741. The second-order valence-corrected chi connectivity index (χ2v) is 6.27. The molecule has 1 fully saturated rings. The molecule has 20 heavy (non-hydrogen) atoms. The molecule has 0 amide bonds. The first-order valence-electron chi connectivity index (χ1n) is 6.20. The van der Waals surface area contributed by atoms with Crippen LogP contribution in [0, 0.1) is 0 Å². The number of rotatable bonds is 2. The average molecular weight is 344 g/mol. The molecule has 0 spiro atoms. The Kier molecular flexibility index (Phi) is 9.50. The molecule has 0 saturated carbocycles. The molecule has 0 N–H and O–H groups in total. The van der Waals surface area contributed by atoms with E-state index in [-0.39, 0.29) is 17.1 Å². The van der Waals surface area contributed by atoms with Crippen LogP contribution in [-0.4, -0.2) is 22.1 Å². The van der Waals surface area contributed by atoms with Crippen molar-refractivity contribution in [1.29, 1.82) is 0 Å². The van der Waals surface area contributed by atoms with Crippen molar-refractivity contribution in [3.63, 3.8) is 0 Å². The summed E-state index contributed by atoms with van der Waals surface area (Å²) in [4.78, 5) is 0. The fourth-order valence-electron chi connectivity index (χ4n) is 1.42. The van der Waals surface area contributed by atoms with Gasteiger partial charge in [0, 0.05) is 17.7 Å². The molecular weight excluding hydrogens is 328 g/mol. The maximum atomic E-state index is 4.17. The summed E-state index contributed by atoms with van der Waals surface area (Å²) < 4.78 is 1.10. The minimum absolute atomic E-state index is 0. The van der Waals surface area contributed by atoms with Gasteiger partial charge in [0.05, 0.1) is 0 Å². The standard InChI is InChI=1S/C10H11N2S2.C5H5.Fe/c1-2-5-9(4-1)8-11-12-10-13-6-3-7-14-10;1-2-4-5-3-1;/h1-2,4-5,8H,3,6-7H2;1-5H;/q2*-1;+2. The van der Waals surface area contributed by atoms with E-state index in [0.717, 1.165) is 9.94 Å². The van der Waals surface area contributed by atoms with Gasteiger partial charge in [-0.15, -0.1) is 10.7 Å². The van der Waals surface area contributed by atoms with Crippen molar-refractivity contribution >= 4 is 34.1 Å². The van der Waals surface area contributed by atoms with Gasteiger partial charge in [0.15, 0.2) is 4.38 Å². The molecule has 1 saturated heterocycles. The van der Waals surface area contributed by atoms with Crippen molar-refractivity contribution in [2.75, 3.05) is 11.5 Å². The summed E-state index contributed by atoms with van der Waals surface area (Å²) in [6.07, 6.45) is 3.07. The molecule has 0 bridgehead atoms. The van der Waals surface area contributed by atoms with Crippen LogP contribution in [0.25, 0.3) is 0 Å². The van der Waals surface area contributed by atoms with Crippen molar-refractivity contribution in [2.24, 2.45) is 10.2 Å². The van der Waals surface area contributed by atoms with Crippen LogP contribution in [0.5, 0.6) is 0 Å². The smallest absolute Gasteiger partial charge is 0.214 e.